The van der Waals surface area contributed by atoms with Gasteiger partial charge in [-0.05, 0) is 67.1 Å². The third-order valence-electron chi connectivity index (χ3n) is 7.95. The summed E-state index contributed by atoms with van der Waals surface area (Å²) in [4.78, 5) is 40.4. The Morgan fingerprint density at radius 3 is 2.37 bits per heavy atom. The van der Waals surface area contributed by atoms with E-state index in [0.717, 1.165) is 30.4 Å². The Hall–Kier alpha value is -4.63. The zero-order valence-electron chi connectivity index (χ0n) is 23.5. The van der Waals surface area contributed by atoms with Gasteiger partial charge >= 0.3 is 5.97 Å². The topological polar surface area (TPSA) is 117 Å². The number of fused-ring (bicyclic) bond motifs is 3. The molecule has 0 saturated heterocycles. The molecule has 1 aliphatic rings. The lowest BCUT2D eigenvalue weighted by Crippen LogP contribution is -2.42. The van der Waals surface area contributed by atoms with E-state index in [1.807, 2.05) is 48.5 Å². The average molecular weight is 597 g/mol. The van der Waals surface area contributed by atoms with Gasteiger partial charge in [0.1, 0.15) is 22.4 Å². The lowest BCUT2D eigenvalue weighted by atomic mass is 10.0. The smallest absolute Gasteiger partial charge is 0.326 e. The molecule has 0 spiro atoms. The molecular formula is C34H32N2O6S. The number of rotatable bonds is 8. The van der Waals surface area contributed by atoms with Gasteiger partial charge in [0.05, 0.1) is 21.9 Å². The van der Waals surface area contributed by atoms with Gasteiger partial charge in [0.15, 0.2) is 0 Å². The third kappa shape index (κ3) is 6.12. The van der Waals surface area contributed by atoms with Gasteiger partial charge in [0, 0.05) is 18.1 Å². The van der Waals surface area contributed by atoms with Crippen LogP contribution in [-0.2, 0) is 11.2 Å². The van der Waals surface area contributed by atoms with E-state index in [-0.39, 0.29) is 29.4 Å². The minimum atomic E-state index is -1.22. The van der Waals surface area contributed by atoms with Crippen LogP contribution in [0.2, 0.25) is 0 Å². The van der Waals surface area contributed by atoms with Crippen molar-refractivity contribution in [2.45, 2.75) is 57.1 Å². The molecule has 220 valence electrons. The SMILES string of the molecule is O=C(N[C@@H](Cc1ccc(O)cc1)C(=O)O)c1cc(-c2ccccc2)c(=O)n2c1sc1ccc(OC3CCCCCC3)cc12. The van der Waals surface area contributed by atoms with Crippen LogP contribution in [0, 0.1) is 0 Å². The van der Waals surface area contributed by atoms with Crippen LogP contribution in [0.15, 0.2) is 83.7 Å². The number of amides is 1. The molecule has 2 heterocycles. The summed E-state index contributed by atoms with van der Waals surface area (Å²) in [5.74, 6) is -1.03. The molecule has 0 unspecified atom stereocenters. The van der Waals surface area contributed by atoms with Gasteiger partial charge in [-0.2, -0.15) is 0 Å². The lowest BCUT2D eigenvalue weighted by molar-refractivity contribution is -0.139. The normalized spacial score (nSPS) is 14.8. The van der Waals surface area contributed by atoms with E-state index in [4.69, 9.17) is 4.74 Å². The molecule has 0 bridgehead atoms. The van der Waals surface area contributed by atoms with Gasteiger partial charge in [-0.25, -0.2) is 4.79 Å². The van der Waals surface area contributed by atoms with Crippen LogP contribution in [0.25, 0.3) is 26.2 Å². The summed E-state index contributed by atoms with van der Waals surface area (Å²) in [6, 6.07) is 21.3. The Kier molecular flexibility index (Phi) is 8.16. The number of aliphatic carboxylic acids is 1. The highest BCUT2D eigenvalue weighted by Crippen LogP contribution is 2.33. The number of phenols is 1. The van der Waals surface area contributed by atoms with Crippen molar-refractivity contribution in [3.63, 3.8) is 0 Å². The van der Waals surface area contributed by atoms with Crippen molar-refractivity contribution in [1.29, 1.82) is 0 Å². The van der Waals surface area contributed by atoms with Crippen LogP contribution in [0.5, 0.6) is 11.5 Å². The second kappa shape index (κ2) is 12.3. The van der Waals surface area contributed by atoms with Crippen molar-refractivity contribution >= 4 is 38.3 Å². The van der Waals surface area contributed by atoms with E-state index in [2.05, 4.69) is 5.32 Å². The van der Waals surface area contributed by atoms with Crippen LogP contribution in [0.3, 0.4) is 0 Å². The highest BCUT2D eigenvalue weighted by molar-refractivity contribution is 7.24. The van der Waals surface area contributed by atoms with Crippen molar-refractivity contribution in [2.75, 3.05) is 0 Å². The largest absolute Gasteiger partial charge is 0.508 e. The summed E-state index contributed by atoms with van der Waals surface area (Å²) in [6.45, 7) is 0. The fourth-order valence-corrected chi connectivity index (χ4v) is 6.83. The predicted molar refractivity (Wildman–Crippen MR) is 167 cm³/mol. The summed E-state index contributed by atoms with van der Waals surface area (Å²) in [6.07, 6.45) is 6.86. The first-order chi connectivity index (χ1) is 20.9. The number of nitrogens with zero attached hydrogens (tertiary/aromatic N) is 1. The van der Waals surface area contributed by atoms with E-state index >= 15 is 0 Å². The molecule has 1 fully saturated rings. The number of carboxylic acids is 1. The highest BCUT2D eigenvalue weighted by Gasteiger charge is 2.26. The second-order valence-corrected chi connectivity index (χ2v) is 12.0. The Balaban J connectivity index is 1.43. The predicted octanol–water partition coefficient (Wildman–Crippen LogP) is 6.41. The molecule has 6 rings (SSSR count). The number of nitrogens with one attached hydrogen (secondary N) is 1. The molecular weight excluding hydrogens is 564 g/mol. The molecule has 0 aliphatic heterocycles. The van der Waals surface area contributed by atoms with Crippen molar-refractivity contribution in [2.24, 2.45) is 0 Å². The monoisotopic (exact) mass is 596 g/mol. The minimum Gasteiger partial charge on any atom is -0.508 e. The van der Waals surface area contributed by atoms with Crippen LogP contribution in [-0.4, -0.2) is 38.6 Å². The molecule has 5 aromatic rings. The number of carboxylic acid groups (broad SMARTS) is 1. The summed E-state index contributed by atoms with van der Waals surface area (Å²) in [7, 11) is 0. The van der Waals surface area contributed by atoms with E-state index in [9.17, 15) is 24.6 Å². The maximum absolute atomic E-state index is 14.0. The second-order valence-electron chi connectivity index (χ2n) is 11.0. The van der Waals surface area contributed by atoms with Crippen molar-refractivity contribution in [3.05, 3.63) is 100 Å². The van der Waals surface area contributed by atoms with Gasteiger partial charge in [-0.3, -0.25) is 14.0 Å². The first kappa shape index (κ1) is 28.5. The summed E-state index contributed by atoms with van der Waals surface area (Å²) < 4.78 is 8.72. The zero-order valence-corrected chi connectivity index (χ0v) is 24.3. The molecule has 3 aromatic carbocycles. The molecule has 43 heavy (non-hydrogen) atoms. The van der Waals surface area contributed by atoms with E-state index < -0.39 is 17.9 Å². The Morgan fingerprint density at radius 2 is 1.67 bits per heavy atom. The number of aromatic nitrogens is 1. The summed E-state index contributed by atoms with van der Waals surface area (Å²) in [5.41, 5.74) is 2.22. The number of aromatic hydroxyl groups is 1. The quantitative estimate of drug-likeness (QED) is 0.178. The Bertz CT molecular complexity index is 1840. The molecule has 9 heteroatoms. The number of thiazole rings is 1. The average Bonchev–Trinajstić information content (AvgIpc) is 3.19. The zero-order chi connectivity index (χ0) is 29.9. The Morgan fingerprint density at radius 1 is 0.953 bits per heavy atom. The molecule has 1 saturated carbocycles. The number of hydrogen-bond donors (Lipinski definition) is 3. The minimum absolute atomic E-state index is 0.0249. The van der Waals surface area contributed by atoms with Gasteiger partial charge in [0.2, 0.25) is 0 Å². The third-order valence-corrected chi connectivity index (χ3v) is 9.11. The number of carbonyl (C=O) groups is 2. The van der Waals surface area contributed by atoms with Crippen LogP contribution >= 0.6 is 11.3 Å². The van der Waals surface area contributed by atoms with Gasteiger partial charge in [-0.15, -0.1) is 11.3 Å². The van der Waals surface area contributed by atoms with E-state index in [1.54, 1.807) is 22.6 Å². The molecule has 0 radical (unpaired) electrons. The molecule has 1 amide bonds. The van der Waals surface area contributed by atoms with Crippen molar-refractivity contribution in [3.8, 4) is 22.6 Å². The maximum atomic E-state index is 14.0. The summed E-state index contributed by atoms with van der Waals surface area (Å²) in [5, 5.41) is 22.2. The van der Waals surface area contributed by atoms with Gasteiger partial charge < -0.3 is 20.3 Å². The molecule has 1 atom stereocenters. The first-order valence-corrected chi connectivity index (χ1v) is 15.3. The fraction of sp³-hybridized carbons (Fsp3) is 0.265. The van der Waals surface area contributed by atoms with Crippen molar-refractivity contribution < 1.29 is 24.5 Å². The van der Waals surface area contributed by atoms with E-state index in [1.165, 1.54) is 36.3 Å². The van der Waals surface area contributed by atoms with Crippen LogP contribution in [0.4, 0.5) is 0 Å². The molecule has 2 aromatic heterocycles. The number of hydrogen-bond acceptors (Lipinski definition) is 6. The standard InChI is InChI=1S/C34H32N2O6S/c37-23-14-12-21(13-15-23)18-28(34(40)41)35-31(38)27-20-26(22-8-4-3-5-9-22)32(39)36-29-19-25(16-17-30(29)43-33(27)36)42-24-10-6-1-2-7-11-24/h3-5,8-9,12-17,19-20,24,28,37H,1-2,6-7,10-11,18H2,(H,35,38)(H,40,41)/t28-/m0/s1. The van der Waals surface area contributed by atoms with Crippen LogP contribution in [0.1, 0.15) is 54.4 Å². The fourth-order valence-electron chi connectivity index (χ4n) is 5.70. The van der Waals surface area contributed by atoms with E-state index in [0.29, 0.717) is 32.8 Å². The molecule has 8 nitrogen and oxygen atoms in total. The summed E-state index contributed by atoms with van der Waals surface area (Å²) >= 11 is 1.31. The first-order valence-electron chi connectivity index (χ1n) is 14.5. The Labute approximate surface area is 252 Å². The van der Waals surface area contributed by atoms with Gasteiger partial charge in [0.25, 0.3) is 11.5 Å². The van der Waals surface area contributed by atoms with Crippen molar-refractivity contribution in [1.82, 2.24) is 9.72 Å². The van der Waals surface area contributed by atoms with Gasteiger partial charge in [-0.1, -0.05) is 55.3 Å². The number of ether oxygens (including phenoxy) is 1. The molecule has 1 aliphatic carbocycles. The number of phenolic OH excluding ortho intramolecular Hbond substituents is 1. The highest BCUT2D eigenvalue weighted by atomic mass is 32.1. The van der Waals surface area contributed by atoms with Crippen LogP contribution < -0.4 is 15.6 Å². The number of pyridine rings is 1. The lowest BCUT2D eigenvalue weighted by Gasteiger charge is -2.17. The number of benzene rings is 3. The molecule has 3 N–H and O–H groups in total. The maximum Gasteiger partial charge on any atom is 0.326 e. The number of carbonyl (C=O) groups excluding carboxylic acids is 1.